The van der Waals surface area contributed by atoms with Crippen molar-refractivity contribution in [2.75, 3.05) is 6.61 Å². The lowest BCUT2D eigenvalue weighted by molar-refractivity contribution is 0.261. The van der Waals surface area contributed by atoms with E-state index in [0.717, 1.165) is 6.42 Å². The number of benzene rings is 2. The van der Waals surface area contributed by atoms with Gasteiger partial charge >= 0.3 is 0 Å². The molecule has 0 saturated carbocycles. The summed E-state index contributed by atoms with van der Waals surface area (Å²) in [6, 6.07) is 6.23. The number of halogens is 2. The van der Waals surface area contributed by atoms with Crippen molar-refractivity contribution in [1.29, 1.82) is 0 Å². The van der Waals surface area contributed by atoms with E-state index in [1.54, 1.807) is 12.1 Å². The van der Waals surface area contributed by atoms with Crippen molar-refractivity contribution in [3.8, 4) is 40.9 Å². The Kier molecular flexibility index (Phi) is 4.07. The number of ether oxygens (including phenoxy) is 3. The molecule has 122 valence electrons. The van der Waals surface area contributed by atoms with E-state index in [4.69, 9.17) is 20.6 Å². The maximum atomic E-state index is 14.5. The van der Waals surface area contributed by atoms with Gasteiger partial charge in [0, 0.05) is 14.0 Å². The zero-order valence-corrected chi connectivity index (χ0v) is 12.5. The van der Waals surface area contributed by atoms with Crippen LogP contribution in [-0.2, 0) is 6.61 Å². The average molecular weight is 320 g/mol. The van der Waals surface area contributed by atoms with Crippen molar-refractivity contribution >= 4 is 0 Å². The molecule has 0 saturated heterocycles. The summed E-state index contributed by atoms with van der Waals surface area (Å²) in [7, 11) is 0. The summed E-state index contributed by atoms with van der Waals surface area (Å²) in [5, 5.41) is 0. The maximum Gasteiger partial charge on any atom is 0.207 e. The highest BCUT2D eigenvalue weighted by Gasteiger charge is 2.27. The van der Waals surface area contributed by atoms with Gasteiger partial charge in [-0.15, -0.1) is 0 Å². The normalized spacial score (nSPS) is 11.7. The molecular formula is C18H18F2O3. The smallest absolute Gasteiger partial charge is 0.207 e. The Hall–Kier alpha value is -2.74. The molecule has 1 heterocycles. The summed E-state index contributed by atoms with van der Waals surface area (Å²) in [5.74, 6) is -1.04. The predicted octanol–water partition coefficient (Wildman–Crippen LogP) is 4.77. The molecule has 0 aromatic heterocycles. The van der Waals surface area contributed by atoms with E-state index in [1.165, 1.54) is 12.1 Å². The molecule has 3 nitrogen and oxygen atoms in total. The topological polar surface area (TPSA) is 27.7 Å². The third kappa shape index (κ3) is 2.57. The minimum Gasteiger partial charge on any atom is -0.490 e. The first-order valence-corrected chi connectivity index (χ1v) is 7.19. The molecule has 0 bridgehead atoms. The molecule has 0 amide bonds. The predicted molar refractivity (Wildman–Crippen MR) is 85.6 cm³/mol. The van der Waals surface area contributed by atoms with Gasteiger partial charge in [0.2, 0.25) is 5.82 Å². The van der Waals surface area contributed by atoms with Crippen molar-refractivity contribution in [3.63, 3.8) is 0 Å². The quantitative estimate of drug-likeness (QED) is 0.759. The van der Waals surface area contributed by atoms with Crippen molar-refractivity contribution in [2.45, 2.75) is 20.0 Å². The molecule has 2 aromatic rings. The van der Waals surface area contributed by atoms with E-state index >= 15 is 0 Å². The van der Waals surface area contributed by atoms with Crippen LogP contribution < -0.4 is 14.2 Å². The van der Waals surface area contributed by atoms with Crippen LogP contribution in [0.25, 0.3) is 11.1 Å². The highest BCUT2D eigenvalue weighted by atomic mass is 19.1. The zero-order chi connectivity index (χ0) is 16.4. The van der Waals surface area contributed by atoms with Crippen LogP contribution in [0.5, 0.6) is 17.2 Å². The lowest BCUT2D eigenvalue weighted by Crippen LogP contribution is -2.11. The van der Waals surface area contributed by atoms with Gasteiger partial charge in [0.25, 0.3) is 0 Å². The van der Waals surface area contributed by atoms with Crippen LogP contribution in [0.4, 0.5) is 8.78 Å². The molecule has 5 heteroatoms. The molecule has 23 heavy (non-hydrogen) atoms. The fourth-order valence-electron chi connectivity index (χ4n) is 2.49. The molecule has 0 spiro atoms. The molecule has 0 atom stereocenters. The highest BCUT2D eigenvalue weighted by Crippen LogP contribution is 2.44. The summed E-state index contributed by atoms with van der Waals surface area (Å²) < 4.78 is 44.4. The van der Waals surface area contributed by atoms with Crippen LogP contribution in [0.15, 0.2) is 24.3 Å². The maximum absolute atomic E-state index is 14.5. The average Bonchev–Trinajstić information content (AvgIpc) is 2.56. The van der Waals surface area contributed by atoms with Crippen LogP contribution in [-0.4, -0.2) is 6.61 Å². The molecular weight excluding hydrogens is 302 g/mol. The number of hydrogen-bond acceptors (Lipinski definition) is 3. The Morgan fingerprint density at radius 3 is 2.65 bits per heavy atom. The molecule has 0 N–H and O–H groups in total. The second kappa shape index (κ2) is 6.17. The van der Waals surface area contributed by atoms with E-state index in [2.05, 4.69) is 0 Å². The summed E-state index contributed by atoms with van der Waals surface area (Å²) in [6.07, 6.45) is 7.72. The standard InChI is InChI=1S/C18H14F2O3.2H2/c1-3-9-22-15-8-6-12-11-5-7-14(21-4-2)16(19)13(11)10-23-18(12)17(15)20;;/h2,5-8H,3,9-10H2,1H3;2*1H. The lowest BCUT2D eigenvalue weighted by Gasteiger charge is -2.23. The largest absolute Gasteiger partial charge is 0.490 e. The summed E-state index contributed by atoms with van der Waals surface area (Å²) in [4.78, 5) is 0. The van der Waals surface area contributed by atoms with Gasteiger partial charge in [-0.2, -0.15) is 4.39 Å². The Morgan fingerprint density at radius 2 is 1.91 bits per heavy atom. The molecule has 0 radical (unpaired) electrons. The zero-order valence-electron chi connectivity index (χ0n) is 12.5. The number of rotatable bonds is 4. The van der Waals surface area contributed by atoms with Crippen molar-refractivity contribution in [1.82, 2.24) is 0 Å². The van der Waals surface area contributed by atoms with Crippen molar-refractivity contribution in [2.24, 2.45) is 0 Å². The van der Waals surface area contributed by atoms with Crippen molar-refractivity contribution in [3.05, 3.63) is 41.5 Å². The Morgan fingerprint density at radius 1 is 1.17 bits per heavy atom. The van der Waals surface area contributed by atoms with Gasteiger partial charge in [0.05, 0.1) is 6.61 Å². The number of terminal acetylenes is 1. The summed E-state index contributed by atoms with van der Waals surface area (Å²) in [6.45, 7) is 2.24. The molecule has 0 aliphatic carbocycles. The van der Waals surface area contributed by atoms with E-state index in [1.807, 2.05) is 13.0 Å². The Labute approximate surface area is 135 Å². The summed E-state index contributed by atoms with van der Waals surface area (Å²) in [5.41, 5.74) is 1.31. The fourth-order valence-corrected chi connectivity index (χ4v) is 2.49. The molecule has 1 aliphatic rings. The van der Waals surface area contributed by atoms with Crippen LogP contribution in [0.1, 0.15) is 21.8 Å². The third-order valence-electron chi connectivity index (χ3n) is 3.55. The molecule has 0 fully saturated rings. The van der Waals surface area contributed by atoms with E-state index < -0.39 is 11.6 Å². The minimum atomic E-state index is -0.599. The van der Waals surface area contributed by atoms with Crippen LogP contribution in [0.3, 0.4) is 0 Å². The van der Waals surface area contributed by atoms with Crippen LogP contribution in [0.2, 0.25) is 0 Å². The number of fused-ring (bicyclic) bond motifs is 3. The first-order chi connectivity index (χ1) is 11.2. The second-order valence-corrected chi connectivity index (χ2v) is 5.02. The Bertz CT molecular complexity index is 804. The number of hydrogen-bond donors (Lipinski definition) is 0. The van der Waals surface area contributed by atoms with Gasteiger partial charge in [-0.25, -0.2) is 4.39 Å². The SMILES string of the molecule is C#COc1ccc2c(c1F)COc1c-2ccc(OCCC)c1F.[HH].[HH]. The molecule has 0 unspecified atom stereocenters. The van der Waals surface area contributed by atoms with E-state index in [9.17, 15) is 8.78 Å². The third-order valence-corrected chi connectivity index (χ3v) is 3.55. The first-order valence-electron chi connectivity index (χ1n) is 7.19. The van der Waals surface area contributed by atoms with Crippen LogP contribution in [0, 0.1) is 24.2 Å². The minimum absolute atomic E-state index is 0. The van der Waals surface area contributed by atoms with E-state index in [0.29, 0.717) is 17.7 Å². The van der Waals surface area contributed by atoms with Gasteiger partial charge < -0.3 is 14.2 Å². The molecule has 1 aliphatic heterocycles. The monoisotopic (exact) mass is 320 g/mol. The fraction of sp³-hybridized carbons (Fsp3) is 0.222. The first kappa shape index (κ1) is 15.2. The van der Waals surface area contributed by atoms with Gasteiger partial charge in [-0.3, -0.25) is 0 Å². The second-order valence-electron chi connectivity index (χ2n) is 5.02. The van der Waals surface area contributed by atoms with Gasteiger partial charge in [0.1, 0.15) is 12.7 Å². The van der Waals surface area contributed by atoms with Crippen molar-refractivity contribution < 1.29 is 25.8 Å². The Balaban J connectivity index is 0.00000156. The van der Waals surface area contributed by atoms with Crippen LogP contribution >= 0.6 is 0 Å². The molecule has 3 rings (SSSR count). The molecule has 2 aromatic carbocycles. The van der Waals surface area contributed by atoms with Gasteiger partial charge in [0.15, 0.2) is 23.1 Å². The van der Waals surface area contributed by atoms with E-state index in [-0.39, 0.29) is 32.3 Å². The lowest BCUT2D eigenvalue weighted by atomic mass is 9.96. The highest BCUT2D eigenvalue weighted by molar-refractivity contribution is 5.77. The van der Waals surface area contributed by atoms with Gasteiger partial charge in [-0.05, 0) is 36.2 Å². The van der Waals surface area contributed by atoms with Gasteiger partial charge in [-0.1, -0.05) is 13.3 Å². The summed E-state index contributed by atoms with van der Waals surface area (Å²) >= 11 is 0.